The number of methoxy groups -OCH3 is 1. The standard InChI is InChI=1S/C18H19ClN2O6S/c1-11(18(22)20-13-5-7-16-17(9-13)27-10-26-16)21(28(3,23)24)14-8-12(19)4-6-15(14)25-2/h4-9,11H,10H2,1-3H3,(H,20,22)/t11-/m1/s1. The Morgan fingerprint density at radius 1 is 1.21 bits per heavy atom. The molecule has 1 amide bonds. The zero-order valence-electron chi connectivity index (χ0n) is 15.4. The molecule has 8 nitrogen and oxygen atoms in total. The molecule has 0 spiro atoms. The number of sulfonamides is 1. The zero-order valence-corrected chi connectivity index (χ0v) is 17.0. The molecule has 3 rings (SSSR count). The Balaban J connectivity index is 1.91. The highest BCUT2D eigenvalue weighted by Crippen LogP contribution is 2.36. The number of rotatable bonds is 6. The number of hydrogen-bond donors (Lipinski definition) is 1. The lowest BCUT2D eigenvalue weighted by Gasteiger charge is -2.29. The second kappa shape index (κ2) is 7.76. The summed E-state index contributed by atoms with van der Waals surface area (Å²) in [5, 5.41) is 3.00. The molecular weight excluding hydrogens is 408 g/mol. The number of benzene rings is 2. The van der Waals surface area contributed by atoms with Crippen molar-refractivity contribution in [3.63, 3.8) is 0 Å². The molecule has 0 aromatic heterocycles. The summed E-state index contributed by atoms with van der Waals surface area (Å²) in [4.78, 5) is 12.8. The van der Waals surface area contributed by atoms with E-state index in [1.54, 1.807) is 24.3 Å². The number of anilines is 2. The Hall–Kier alpha value is -2.65. The first-order valence-electron chi connectivity index (χ1n) is 8.24. The maximum Gasteiger partial charge on any atom is 0.247 e. The molecule has 0 radical (unpaired) electrons. The van der Waals surface area contributed by atoms with Gasteiger partial charge in [-0.1, -0.05) is 11.6 Å². The highest BCUT2D eigenvalue weighted by molar-refractivity contribution is 7.92. The van der Waals surface area contributed by atoms with E-state index in [0.29, 0.717) is 22.2 Å². The molecule has 0 unspecified atom stereocenters. The van der Waals surface area contributed by atoms with Crippen LogP contribution in [0.1, 0.15) is 6.92 Å². The van der Waals surface area contributed by atoms with E-state index in [2.05, 4.69) is 5.32 Å². The van der Waals surface area contributed by atoms with Crippen molar-refractivity contribution in [1.82, 2.24) is 0 Å². The van der Waals surface area contributed by atoms with Crippen LogP contribution in [0.15, 0.2) is 36.4 Å². The van der Waals surface area contributed by atoms with Gasteiger partial charge in [0.2, 0.25) is 22.7 Å². The van der Waals surface area contributed by atoms with Crippen LogP contribution in [-0.2, 0) is 14.8 Å². The second-order valence-electron chi connectivity index (χ2n) is 6.11. The van der Waals surface area contributed by atoms with Crippen LogP contribution >= 0.6 is 11.6 Å². The summed E-state index contributed by atoms with van der Waals surface area (Å²) in [6, 6.07) is 8.39. The van der Waals surface area contributed by atoms with Crippen molar-refractivity contribution in [2.45, 2.75) is 13.0 Å². The fourth-order valence-corrected chi connectivity index (χ4v) is 4.17. The van der Waals surface area contributed by atoms with Gasteiger partial charge >= 0.3 is 0 Å². The van der Waals surface area contributed by atoms with Crippen LogP contribution in [0, 0.1) is 0 Å². The summed E-state index contributed by atoms with van der Waals surface area (Å²) in [5.41, 5.74) is 0.624. The van der Waals surface area contributed by atoms with Gasteiger partial charge in [-0.25, -0.2) is 8.42 Å². The number of fused-ring (bicyclic) bond motifs is 1. The number of nitrogens with zero attached hydrogens (tertiary/aromatic N) is 1. The van der Waals surface area contributed by atoms with Gasteiger partial charge in [-0.2, -0.15) is 0 Å². The molecule has 1 aliphatic rings. The SMILES string of the molecule is COc1ccc(Cl)cc1N([C@H](C)C(=O)Nc1ccc2c(c1)OCO2)S(C)(=O)=O. The van der Waals surface area contributed by atoms with Crippen LogP contribution in [-0.4, -0.2) is 40.5 Å². The minimum Gasteiger partial charge on any atom is -0.495 e. The fraction of sp³-hybridized carbons (Fsp3) is 0.278. The molecule has 2 aromatic rings. The Kier molecular flexibility index (Phi) is 5.57. The molecular formula is C18H19ClN2O6S. The van der Waals surface area contributed by atoms with Crippen LogP contribution in [0.5, 0.6) is 17.2 Å². The normalized spacial score (nSPS) is 13.7. The predicted octanol–water partition coefficient (Wildman–Crippen LogP) is 2.87. The highest BCUT2D eigenvalue weighted by Gasteiger charge is 2.31. The van der Waals surface area contributed by atoms with E-state index in [4.69, 9.17) is 25.8 Å². The van der Waals surface area contributed by atoms with E-state index in [0.717, 1.165) is 10.6 Å². The molecule has 28 heavy (non-hydrogen) atoms. The van der Waals surface area contributed by atoms with Crippen LogP contribution in [0.2, 0.25) is 5.02 Å². The molecule has 0 saturated heterocycles. The van der Waals surface area contributed by atoms with Crippen molar-refractivity contribution in [3.05, 3.63) is 41.4 Å². The molecule has 0 bridgehead atoms. The van der Waals surface area contributed by atoms with Gasteiger partial charge < -0.3 is 19.5 Å². The van der Waals surface area contributed by atoms with Crippen LogP contribution in [0.3, 0.4) is 0 Å². The monoisotopic (exact) mass is 426 g/mol. The number of hydrogen-bond acceptors (Lipinski definition) is 6. The minimum absolute atomic E-state index is 0.111. The third-order valence-electron chi connectivity index (χ3n) is 4.11. The van der Waals surface area contributed by atoms with Gasteiger partial charge in [-0.3, -0.25) is 9.10 Å². The van der Waals surface area contributed by atoms with Crippen molar-refractivity contribution in [2.75, 3.05) is 29.8 Å². The highest BCUT2D eigenvalue weighted by atomic mass is 35.5. The van der Waals surface area contributed by atoms with Crippen molar-refractivity contribution in [3.8, 4) is 17.2 Å². The summed E-state index contributed by atoms with van der Waals surface area (Å²) in [6.45, 7) is 1.59. The smallest absolute Gasteiger partial charge is 0.247 e. The lowest BCUT2D eigenvalue weighted by atomic mass is 10.2. The number of carbonyl (C=O) groups is 1. The molecule has 0 saturated carbocycles. The van der Waals surface area contributed by atoms with Crippen molar-refractivity contribution in [1.29, 1.82) is 0 Å². The molecule has 150 valence electrons. The van der Waals surface area contributed by atoms with Crippen molar-refractivity contribution in [2.24, 2.45) is 0 Å². The fourth-order valence-electron chi connectivity index (χ4n) is 2.84. The van der Waals surface area contributed by atoms with Crippen LogP contribution < -0.4 is 23.8 Å². The second-order valence-corrected chi connectivity index (χ2v) is 8.40. The maximum absolute atomic E-state index is 12.8. The summed E-state index contributed by atoms with van der Waals surface area (Å²) < 4.78 is 41.7. The summed E-state index contributed by atoms with van der Waals surface area (Å²) in [6.07, 6.45) is 1.01. The summed E-state index contributed by atoms with van der Waals surface area (Å²) >= 11 is 6.03. The van der Waals surface area contributed by atoms with Crippen molar-refractivity contribution < 1.29 is 27.4 Å². The number of carbonyl (C=O) groups excluding carboxylic acids is 1. The molecule has 2 aromatic carbocycles. The van der Waals surface area contributed by atoms with Gasteiger partial charge in [0.05, 0.1) is 19.1 Å². The first-order valence-corrected chi connectivity index (χ1v) is 10.5. The summed E-state index contributed by atoms with van der Waals surface area (Å²) in [5.74, 6) is 0.818. The van der Waals surface area contributed by atoms with Gasteiger partial charge in [-0.15, -0.1) is 0 Å². The maximum atomic E-state index is 12.8. The third-order valence-corrected chi connectivity index (χ3v) is 5.57. The number of ether oxygens (including phenoxy) is 3. The molecule has 10 heteroatoms. The first-order chi connectivity index (χ1) is 13.2. The van der Waals surface area contributed by atoms with Gasteiger partial charge in [0.25, 0.3) is 0 Å². The number of nitrogens with one attached hydrogen (secondary N) is 1. The van der Waals surface area contributed by atoms with E-state index in [1.807, 2.05) is 0 Å². The quantitative estimate of drug-likeness (QED) is 0.763. The lowest BCUT2D eigenvalue weighted by Crippen LogP contribution is -2.45. The minimum atomic E-state index is -3.82. The van der Waals surface area contributed by atoms with Crippen LogP contribution in [0.25, 0.3) is 0 Å². The number of halogens is 1. The van der Waals surface area contributed by atoms with Gasteiger partial charge in [0.1, 0.15) is 11.8 Å². The van der Waals surface area contributed by atoms with E-state index in [9.17, 15) is 13.2 Å². The zero-order chi connectivity index (χ0) is 20.5. The molecule has 1 atom stereocenters. The topological polar surface area (TPSA) is 94.2 Å². The van der Waals surface area contributed by atoms with E-state index in [1.165, 1.54) is 26.2 Å². The Labute approximate surface area is 168 Å². The molecule has 0 fully saturated rings. The van der Waals surface area contributed by atoms with E-state index < -0.39 is 22.0 Å². The lowest BCUT2D eigenvalue weighted by molar-refractivity contribution is -0.116. The van der Waals surface area contributed by atoms with Gasteiger partial charge in [-0.05, 0) is 37.3 Å². The predicted molar refractivity (Wildman–Crippen MR) is 106 cm³/mol. The van der Waals surface area contributed by atoms with Crippen molar-refractivity contribution >= 4 is 38.9 Å². The third kappa shape index (κ3) is 4.10. The Morgan fingerprint density at radius 3 is 2.61 bits per heavy atom. The Morgan fingerprint density at radius 2 is 1.93 bits per heavy atom. The average molecular weight is 427 g/mol. The molecule has 0 aliphatic carbocycles. The van der Waals surface area contributed by atoms with Gasteiger partial charge in [0, 0.05) is 16.8 Å². The number of amides is 1. The van der Waals surface area contributed by atoms with E-state index in [-0.39, 0.29) is 18.2 Å². The molecule has 1 heterocycles. The van der Waals surface area contributed by atoms with E-state index >= 15 is 0 Å². The molecule has 1 aliphatic heterocycles. The molecule has 1 N–H and O–H groups in total. The Bertz CT molecular complexity index is 1010. The largest absolute Gasteiger partial charge is 0.495 e. The van der Waals surface area contributed by atoms with Gasteiger partial charge in [0.15, 0.2) is 11.5 Å². The van der Waals surface area contributed by atoms with Crippen LogP contribution in [0.4, 0.5) is 11.4 Å². The summed E-state index contributed by atoms with van der Waals surface area (Å²) in [7, 11) is -2.42. The first kappa shape index (κ1) is 20.1. The average Bonchev–Trinajstić information content (AvgIpc) is 3.08.